The van der Waals surface area contributed by atoms with Crippen LogP contribution in [-0.4, -0.2) is 67.8 Å². The van der Waals surface area contributed by atoms with Gasteiger partial charge in [-0.1, -0.05) is 0 Å². The van der Waals surface area contributed by atoms with E-state index >= 15 is 0 Å². The van der Waals surface area contributed by atoms with E-state index in [1.165, 1.54) is 0 Å². The minimum Gasteiger partial charge on any atom is -0.385 e. The van der Waals surface area contributed by atoms with Crippen LogP contribution in [-0.2, 0) is 27.3 Å². The van der Waals surface area contributed by atoms with Crippen LogP contribution in [0, 0.1) is 0 Å². The predicted octanol–water partition coefficient (Wildman–Crippen LogP) is -2.81. The second-order valence-electron chi connectivity index (χ2n) is 5.97. The number of aromatic nitrogens is 4. The number of fused-ring (bicyclic) bond motifs is 1. The molecule has 3 rings (SSSR count). The maximum Gasteiger partial charge on any atom is 0.482 e. The van der Waals surface area contributed by atoms with Gasteiger partial charge < -0.3 is 40.3 Å². The number of ether oxygens (including phenoxy) is 1. The third-order valence-electron chi connectivity index (χ3n) is 3.63. The minimum absolute atomic E-state index is 0.188. The van der Waals surface area contributed by atoms with Crippen molar-refractivity contribution >= 4 is 40.4 Å². The quantitative estimate of drug-likeness (QED) is 0.170. The first-order valence-corrected chi connectivity index (χ1v) is 12.4. The number of anilines is 1. The molecule has 0 saturated carbocycles. The van der Waals surface area contributed by atoms with Crippen molar-refractivity contribution < 1.29 is 57.1 Å². The summed E-state index contributed by atoms with van der Waals surface area (Å²) in [6.45, 7) is 0. The standard InChI is InChI=1S/C9H15N6O13P3/c10-9-12-5-2(6(18)13-9)11-1-15(5)7-3(16)4(17)8(26-7)27-31(24,25)28-30(22,23)14-29(19,20)21/h1,3-4,7-8,16-17H,(H,24,25)(H3,10,12,13,18)(H4,14,19,20,21,22,23)/t3-,4+,7-,8-/m1/s1. The smallest absolute Gasteiger partial charge is 0.385 e. The zero-order valence-corrected chi connectivity index (χ0v) is 17.4. The van der Waals surface area contributed by atoms with Gasteiger partial charge in [-0.25, -0.2) is 18.7 Å². The first kappa shape index (κ1) is 24.1. The third-order valence-corrected chi connectivity index (χ3v) is 7.87. The summed E-state index contributed by atoms with van der Waals surface area (Å²) in [6.07, 6.45) is -6.66. The van der Waals surface area contributed by atoms with Crippen molar-refractivity contribution in [2.75, 3.05) is 5.73 Å². The highest BCUT2D eigenvalue weighted by atomic mass is 31.3. The van der Waals surface area contributed by atoms with Crippen molar-refractivity contribution in [1.82, 2.24) is 24.4 Å². The number of nitrogen functional groups attached to an aromatic ring is 1. The molecule has 2 aromatic rings. The lowest BCUT2D eigenvalue weighted by molar-refractivity contribution is -0.133. The summed E-state index contributed by atoms with van der Waals surface area (Å²) in [6, 6.07) is 0. The van der Waals surface area contributed by atoms with Crippen LogP contribution in [0.3, 0.4) is 0 Å². The maximum absolute atomic E-state index is 11.9. The number of phosphoric ester groups is 1. The fourth-order valence-electron chi connectivity index (χ4n) is 2.55. The van der Waals surface area contributed by atoms with Crippen molar-refractivity contribution in [2.24, 2.45) is 0 Å². The number of aromatic amines is 1. The summed E-state index contributed by atoms with van der Waals surface area (Å²) in [7, 11) is -16.5. The van der Waals surface area contributed by atoms with E-state index in [9.17, 15) is 38.5 Å². The van der Waals surface area contributed by atoms with E-state index in [-0.39, 0.29) is 17.1 Å². The van der Waals surface area contributed by atoms with Gasteiger partial charge in [-0.05, 0) is 0 Å². The van der Waals surface area contributed by atoms with Crippen LogP contribution in [0.15, 0.2) is 11.1 Å². The molecule has 0 aromatic carbocycles. The Balaban J connectivity index is 1.81. The Kier molecular flexibility index (Phi) is 6.29. The predicted molar refractivity (Wildman–Crippen MR) is 95.5 cm³/mol. The molecule has 2 unspecified atom stereocenters. The molecule has 0 radical (unpaired) electrons. The van der Waals surface area contributed by atoms with Gasteiger partial charge >= 0.3 is 23.3 Å². The molecule has 1 saturated heterocycles. The highest BCUT2D eigenvalue weighted by Crippen LogP contribution is 2.62. The molecule has 10 N–H and O–H groups in total. The van der Waals surface area contributed by atoms with Crippen LogP contribution >= 0.6 is 23.3 Å². The Morgan fingerprint density at radius 3 is 2.45 bits per heavy atom. The van der Waals surface area contributed by atoms with Gasteiger partial charge in [0.25, 0.3) is 5.56 Å². The van der Waals surface area contributed by atoms with Crippen molar-refractivity contribution in [3.63, 3.8) is 0 Å². The Hall–Kier alpha value is -1.56. The minimum atomic E-state index is -5.61. The average molecular weight is 508 g/mol. The molecule has 0 aliphatic carbocycles. The number of aliphatic hydroxyl groups excluding tert-OH is 2. The molecule has 1 aliphatic heterocycles. The lowest BCUT2D eigenvalue weighted by Crippen LogP contribution is -2.32. The SMILES string of the molecule is Nc1nc2c(ncn2[C@@H]2O[C@H](OP(=O)(O)OP(=O)(O)NP(=O)(O)O)[C@@H](O)[C@H]2O)c(=O)[nH]1. The average Bonchev–Trinajstić information content (AvgIpc) is 3.07. The molecule has 0 spiro atoms. The molecule has 31 heavy (non-hydrogen) atoms. The number of hydrogen-bond acceptors (Lipinski definition) is 12. The van der Waals surface area contributed by atoms with E-state index < -0.39 is 53.6 Å². The summed E-state index contributed by atoms with van der Waals surface area (Å²) >= 11 is 0. The largest absolute Gasteiger partial charge is 0.482 e. The summed E-state index contributed by atoms with van der Waals surface area (Å²) < 4.78 is 48.5. The zero-order valence-electron chi connectivity index (χ0n) is 14.7. The van der Waals surface area contributed by atoms with Crippen molar-refractivity contribution in [1.29, 1.82) is 0 Å². The fourth-order valence-corrected chi connectivity index (χ4v) is 6.05. The van der Waals surface area contributed by atoms with Crippen LogP contribution < -0.4 is 16.2 Å². The van der Waals surface area contributed by atoms with Crippen LogP contribution in [0.5, 0.6) is 0 Å². The highest BCUT2D eigenvalue weighted by Gasteiger charge is 2.50. The highest BCUT2D eigenvalue weighted by molar-refractivity contribution is 7.70. The Labute approximate surface area is 169 Å². The zero-order chi connectivity index (χ0) is 23.4. The molecular weight excluding hydrogens is 493 g/mol. The van der Waals surface area contributed by atoms with Gasteiger partial charge in [0.1, 0.15) is 12.2 Å². The van der Waals surface area contributed by atoms with Gasteiger partial charge in [-0.3, -0.25) is 18.9 Å². The number of phosphoric acid groups is 1. The number of rotatable bonds is 7. The molecule has 6 atom stereocenters. The lowest BCUT2D eigenvalue weighted by Gasteiger charge is -2.21. The van der Waals surface area contributed by atoms with Gasteiger partial charge in [-0.15, -0.1) is 4.86 Å². The van der Waals surface area contributed by atoms with E-state index in [2.05, 4.69) is 23.8 Å². The fraction of sp³-hybridized carbons (Fsp3) is 0.444. The third kappa shape index (κ3) is 5.44. The summed E-state index contributed by atoms with van der Waals surface area (Å²) in [5, 5.41) is 20.2. The monoisotopic (exact) mass is 508 g/mol. The molecule has 1 fully saturated rings. The van der Waals surface area contributed by atoms with E-state index in [0.29, 0.717) is 0 Å². The van der Waals surface area contributed by atoms with Gasteiger partial charge in [-0.2, -0.15) is 9.29 Å². The molecule has 3 heterocycles. The number of nitrogens with one attached hydrogen (secondary N) is 2. The second kappa shape index (κ2) is 8.09. The van der Waals surface area contributed by atoms with Crippen molar-refractivity contribution in [3.8, 4) is 0 Å². The van der Waals surface area contributed by atoms with Crippen LogP contribution in [0.1, 0.15) is 6.23 Å². The molecule has 174 valence electrons. The van der Waals surface area contributed by atoms with E-state index in [4.69, 9.17) is 20.3 Å². The van der Waals surface area contributed by atoms with Crippen molar-refractivity contribution in [2.45, 2.75) is 24.7 Å². The molecule has 2 aromatic heterocycles. The Morgan fingerprint density at radius 2 is 1.84 bits per heavy atom. The normalized spacial score (nSPS) is 28.5. The number of hydrogen-bond donors (Lipinski definition) is 9. The van der Waals surface area contributed by atoms with Crippen LogP contribution in [0.2, 0.25) is 0 Å². The van der Waals surface area contributed by atoms with Gasteiger partial charge in [0, 0.05) is 0 Å². The molecule has 0 amide bonds. The van der Waals surface area contributed by atoms with E-state index in [1.54, 1.807) is 0 Å². The number of imidazole rings is 1. The Morgan fingerprint density at radius 1 is 1.19 bits per heavy atom. The van der Waals surface area contributed by atoms with Crippen LogP contribution in [0.4, 0.5) is 5.95 Å². The summed E-state index contributed by atoms with van der Waals surface area (Å²) in [4.78, 5) is 58.4. The summed E-state index contributed by atoms with van der Waals surface area (Å²) in [5.74, 6) is -0.315. The maximum atomic E-state index is 11.9. The number of aliphatic hydroxyl groups is 2. The first-order chi connectivity index (χ1) is 14.1. The van der Waals surface area contributed by atoms with Gasteiger partial charge in [0.15, 0.2) is 23.7 Å². The number of nitrogens with zero attached hydrogens (tertiary/aromatic N) is 3. The lowest BCUT2D eigenvalue weighted by atomic mass is 10.2. The van der Waals surface area contributed by atoms with Gasteiger partial charge in [0.2, 0.25) is 5.95 Å². The summed E-state index contributed by atoms with van der Waals surface area (Å²) in [5.41, 5.74) is 4.31. The van der Waals surface area contributed by atoms with Crippen molar-refractivity contribution in [3.05, 3.63) is 16.7 Å². The van der Waals surface area contributed by atoms with E-state index in [1.807, 2.05) is 0 Å². The molecule has 0 bridgehead atoms. The second-order valence-corrected chi connectivity index (χ2v) is 10.7. The van der Waals surface area contributed by atoms with Crippen LogP contribution in [0.25, 0.3) is 11.2 Å². The van der Waals surface area contributed by atoms with E-state index in [0.717, 1.165) is 15.8 Å². The molecule has 22 heteroatoms. The Bertz CT molecular complexity index is 1190. The number of H-pyrrole nitrogens is 1. The molecular formula is C9H15N6O13P3. The first-order valence-electron chi connectivity index (χ1n) is 7.73. The molecule has 19 nitrogen and oxygen atoms in total. The van der Waals surface area contributed by atoms with Gasteiger partial charge in [0.05, 0.1) is 6.33 Å². The molecule has 1 aliphatic rings. The number of nitrogens with two attached hydrogens (primary N) is 1. The topological polar surface area (TPSA) is 302 Å².